The molecule has 2 aromatic rings. The Kier molecular flexibility index (Phi) is 5.46. The summed E-state index contributed by atoms with van der Waals surface area (Å²) in [5.41, 5.74) is 3.58. The lowest BCUT2D eigenvalue weighted by Gasteiger charge is -2.04. The summed E-state index contributed by atoms with van der Waals surface area (Å²) in [5, 5.41) is 14.8. The first kappa shape index (κ1) is 17.1. The van der Waals surface area contributed by atoms with E-state index in [4.69, 9.17) is 11.6 Å². The fourth-order valence-electron chi connectivity index (χ4n) is 1.77. The van der Waals surface area contributed by atoms with Gasteiger partial charge < -0.3 is 0 Å². The molecule has 1 amide bonds. The monoisotopic (exact) mass is 395 g/mol. The molecular formula is C15H11BrClN3O3. The topological polar surface area (TPSA) is 84.6 Å². The van der Waals surface area contributed by atoms with Crippen molar-refractivity contribution < 1.29 is 9.72 Å². The molecule has 2 aromatic carbocycles. The molecule has 0 heterocycles. The normalized spacial score (nSPS) is 11.2. The minimum absolute atomic E-state index is 0.0274. The van der Waals surface area contributed by atoms with Gasteiger partial charge in [0.25, 0.3) is 11.6 Å². The summed E-state index contributed by atoms with van der Waals surface area (Å²) in [6.07, 6.45) is 0. The van der Waals surface area contributed by atoms with Crippen molar-refractivity contribution in [3.63, 3.8) is 0 Å². The van der Waals surface area contributed by atoms with E-state index in [1.165, 1.54) is 12.1 Å². The summed E-state index contributed by atoms with van der Waals surface area (Å²) < 4.78 is 0.893. The number of rotatable bonds is 4. The van der Waals surface area contributed by atoms with Crippen LogP contribution in [0.25, 0.3) is 0 Å². The van der Waals surface area contributed by atoms with Crippen LogP contribution in [0.2, 0.25) is 5.02 Å². The fourth-order valence-corrected chi connectivity index (χ4v) is 2.36. The van der Waals surface area contributed by atoms with E-state index in [9.17, 15) is 14.9 Å². The van der Waals surface area contributed by atoms with E-state index >= 15 is 0 Å². The molecule has 23 heavy (non-hydrogen) atoms. The highest BCUT2D eigenvalue weighted by molar-refractivity contribution is 9.10. The third kappa shape index (κ3) is 4.37. The Balaban J connectivity index is 2.18. The first-order chi connectivity index (χ1) is 10.9. The Morgan fingerprint density at radius 3 is 2.65 bits per heavy atom. The summed E-state index contributed by atoms with van der Waals surface area (Å²) in [7, 11) is 0. The number of halogens is 2. The molecule has 0 spiro atoms. The van der Waals surface area contributed by atoms with Gasteiger partial charge in [0.1, 0.15) is 5.02 Å². The number of nitrogens with one attached hydrogen (secondary N) is 1. The fraction of sp³-hybridized carbons (Fsp3) is 0.0667. The standard InChI is InChI=1S/C15H11BrClN3O3/c1-9(10-3-2-4-12(16)7-10)18-19-15(21)11-5-6-13(17)14(8-11)20(22)23/h2-8H,1H3,(H,19,21)/b18-9-. The van der Waals surface area contributed by atoms with E-state index < -0.39 is 10.8 Å². The van der Waals surface area contributed by atoms with Crippen molar-refractivity contribution >= 4 is 44.8 Å². The highest BCUT2D eigenvalue weighted by Crippen LogP contribution is 2.25. The van der Waals surface area contributed by atoms with Crippen molar-refractivity contribution in [3.05, 3.63) is 73.2 Å². The highest BCUT2D eigenvalue weighted by atomic mass is 79.9. The van der Waals surface area contributed by atoms with Crippen LogP contribution in [-0.4, -0.2) is 16.5 Å². The van der Waals surface area contributed by atoms with Crippen LogP contribution >= 0.6 is 27.5 Å². The Morgan fingerprint density at radius 1 is 1.26 bits per heavy atom. The summed E-state index contributed by atoms with van der Waals surface area (Å²) >= 11 is 9.07. The van der Waals surface area contributed by atoms with Crippen molar-refractivity contribution in [2.45, 2.75) is 6.92 Å². The Labute approximate surface area is 145 Å². The summed E-state index contributed by atoms with van der Waals surface area (Å²) in [4.78, 5) is 22.2. The van der Waals surface area contributed by atoms with E-state index in [-0.39, 0.29) is 16.3 Å². The molecule has 0 saturated carbocycles. The number of nitro groups is 1. The van der Waals surface area contributed by atoms with Crippen molar-refractivity contribution in [2.24, 2.45) is 5.10 Å². The molecule has 0 saturated heterocycles. The van der Waals surface area contributed by atoms with E-state index in [1.54, 1.807) is 6.92 Å². The molecule has 0 bridgehead atoms. The molecular weight excluding hydrogens is 386 g/mol. The number of hydrogen-bond donors (Lipinski definition) is 1. The van der Waals surface area contributed by atoms with Crippen LogP contribution in [0, 0.1) is 10.1 Å². The molecule has 0 aliphatic rings. The minimum Gasteiger partial charge on any atom is -0.267 e. The second-order valence-electron chi connectivity index (χ2n) is 4.57. The van der Waals surface area contributed by atoms with Gasteiger partial charge in [-0.25, -0.2) is 5.43 Å². The lowest BCUT2D eigenvalue weighted by Crippen LogP contribution is -2.19. The largest absolute Gasteiger partial charge is 0.288 e. The number of nitro benzene ring substituents is 1. The quantitative estimate of drug-likeness (QED) is 0.478. The predicted molar refractivity (Wildman–Crippen MR) is 91.9 cm³/mol. The average Bonchev–Trinajstić information content (AvgIpc) is 2.52. The van der Waals surface area contributed by atoms with Crippen LogP contribution < -0.4 is 5.43 Å². The van der Waals surface area contributed by atoms with Crippen molar-refractivity contribution in [1.29, 1.82) is 0 Å². The number of amides is 1. The van der Waals surface area contributed by atoms with E-state index in [2.05, 4.69) is 26.5 Å². The third-order valence-electron chi connectivity index (χ3n) is 2.97. The number of carbonyl (C=O) groups is 1. The molecule has 2 rings (SSSR count). The predicted octanol–water partition coefficient (Wildman–Crippen LogP) is 4.16. The molecule has 0 radical (unpaired) electrons. The van der Waals surface area contributed by atoms with Crippen LogP contribution in [0.4, 0.5) is 5.69 Å². The maximum Gasteiger partial charge on any atom is 0.288 e. The average molecular weight is 397 g/mol. The van der Waals surface area contributed by atoms with Crippen LogP contribution in [0.3, 0.4) is 0 Å². The molecule has 0 unspecified atom stereocenters. The molecule has 0 aliphatic carbocycles. The van der Waals surface area contributed by atoms with Gasteiger partial charge in [-0.05, 0) is 36.8 Å². The Hall–Kier alpha value is -2.25. The molecule has 1 N–H and O–H groups in total. The van der Waals surface area contributed by atoms with Crippen LogP contribution in [-0.2, 0) is 0 Å². The van der Waals surface area contributed by atoms with Gasteiger partial charge in [0, 0.05) is 16.1 Å². The van der Waals surface area contributed by atoms with Gasteiger partial charge in [-0.2, -0.15) is 5.10 Å². The second-order valence-corrected chi connectivity index (χ2v) is 5.89. The van der Waals surface area contributed by atoms with Gasteiger partial charge in [-0.3, -0.25) is 14.9 Å². The molecule has 0 aromatic heterocycles. The smallest absolute Gasteiger partial charge is 0.267 e. The minimum atomic E-state index is -0.644. The number of carbonyl (C=O) groups excluding carboxylic acids is 1. The maximum atomic E-state index is 12.0. The van der Waals surface area contributed by atoms with Gasteiger partial charge >= 0.3 is 0 Å². The van der Waals surface area contributed by atoms with Gasteiger partial charge in [0.2, 0.25) is 0 Å². The molecule has 0 aliphatic heterocycles. The Morgan fingerprint density at radius 2 is 2.00 bits per heavy atom. The maximum absolute atomic E-state index is 12.0. The molecule has 118 valence electrons. The van der Waals surface area contributed by atoms with Crippen LogP contribution in [0.1, 0.15) is 22.8 Å². The number of hydrogen-bond acceptors (Lipinski definition) is 4. The first-order valence-corrected chi connectivity index (χ1v) is 7.60. The lowest BCUT2D eigenvalue weighted by molar-refractivity contribution is -0.384. The highest BCUT2D eigenvalue weighted by Gasteiger charge is 2.16. The van der Waals surface area contributed by atoms with Crippen molar-refractivity contribution in [1.82, 2.24) is 5.43 Å². The van der Waals surface area contributed by atoms with Gasteiger partial charge in [-0.15, -0.1) is 0 Å². The van der Waals surface area contributed by atoms with Crippen molar-refractivity contribution in [2.75, 3.05) is 0 Å². The van der Waals surface area contributed by atoms with E-state index in [1.807, 2.05) is 24.3 Å². The number of benzene rings is 2. The first-order valence-electron chi connectivity index (χ1n) is 6.43. The van der Waals surface area contributed by atoms with E-state index in [0.717, 1.165) is 16.1 Å². The molecule has 0 atom stereocenters. The summed E-state index contributed by atoms with van der Waals surface area (Å²) in [5.74, 6) is -0.556. The second kappa shape index (κ2) is 7.34. The summed E-state index contributed by atoms with van der Waals surface area (Å²) in [6.45, 7) is 1.74. The van der Waals surface area contributed by atoms with Gasteiger partial charge in [0.05, 0.1) is 10.6 Å². The molecule has 0 fully saturated rings. The van der Waals surface area contributed by atoms with Gasteiger partial charge in [-0.1, -0.05) is 39.7 Å². The third-order valence-corrected chi connectivity index (χ3v) is 3.79. The van der Waals surface area contributed by atoms with Gasteiger partial charge in [0.15, 0.2) is 0 Å². The van der Waals surface area contributed by atoms with Crippen molar-refractivity contribution in [3.8, 4) is 0 Å². The SMILES string of the molecule is C/C(=N/NC(=O)c1ccc(Cl)c([N+](=O)[O-])c1)c1cccc(Br)c1. The summed E-state index contributed by atoms with van der Waals surface area (Å²) in [6, 6.07) is 11.3. The zero-order valence-corrected chi connectivity index (χ0v) is 14.3. The zero-order valence-electron chi connectivity index (χ0n) is 11.9. The number of nitrogens with zero attached hydrogens (tertiary/aromatic N) is 2. The molecule has 6 nitrogen and oxygen atoms in total. The zero-order chi connectivity index (χ0) is 17.0. The molecule has 8 heteroatoms. The number of hydrazone groups is 1. The van der Waals surface area contributed by atoms with Crippen LogP contribution in [0.5, 0.6) is 0 Å². The lowest BCUT2D eigenvalue weighted by atomic mass is 10.1. The van der Waals surface area contributed by atoms with E-state index in [0.29, 0.717) is 5.71 Å². The van der Waals surface area contributed by atoms with Crippen LogP contribution in [0.15, 0.2) is 52.0 Å². The Bertz CT molecular complexity index is 808.